The van der Waals surface area contributed by atoms with Gasteiger partial charge in [-0.05, 0) is 18.6 Å². The first kappa shape index (κ1) is 12.9. The molecule has 2 aromatic heterocycles. The molecule has 6 nitrogen and oxygen atoms in total. The van der Waals surface area contributed by atoms with Crippen LogP contribution in [0.4, 0.5) is 0 Å². The minimum absolute atomic E-state index is 0.271. The van der Waals surface area contributed by atoms with E-state index in [9.17, 15) is 4.79 Å². The molecule has 0 aliphatic carbocycles. The summed E-state index contributed by atoms with van der Waals surface area (Å²) in [5, 5.41) is 2.76. The Morgan fingerprint density at radius 3 is 3.05 bits per heavy atom. The molecule has 0 fully saturated rings. The lowest BCUT2D eigenvalue weighted by atomic mass is 10.3. The van der Waals surface area contributed by atoms with Gasteiger partial charge in [0.1, 0.15) is 12.0 Å². The maximum absolute atomic E-state index is 11.9. The molecule has 0 aliphatic rings. The summed E-state index contributed by atoms with van der Waals surface area (Å²) in [5.41, 5.74) is 1.21. The van der Waals surface area contributed by atoms with E-state index in [0.717, 1.165) is 5.56 Å². The van der Waals surface area contributed by atoms with Crippen LogP contribution in [-0.4, -0.2) is 27.5 Å². The van der Waals surface area contributed by atoms with E-state index in [1.54, 1.807) is 12.4 Å². The molecule has 0 unspecified atom stereocenters. The van der Waals surface area contributed by atoms with Crippen LogP contribution in [0.2, 0.25) is 0 Å². The first-order valence-corrected chi connectivity index (χ1v) is 5.91. The Bertz CT molecular complexity index is 545. The van der Waals surface area contributed by atoms with E-state index in [1.165, 1.54) is 12.4 Å². The molecule has 6 heteroatoms. The predicted molar refractivity (Wildman–Crippen MR) is 68.6 cm³/mol. The third-order valence-corrected chi connectivity index (χ3v) is 2.34. The molecule has 0 saturated heterocycles. The summed E-state index contributed by atoms with van der Waals surface area (Å²) < 4.78 is 5.22. The van der Waals surface area contributed by atoms with Crippen molar-refractivity contribution in [2.24, 2.45) is 0 Å². The number of rotatable bonds is 5. The Morgan fingerprint density at radius 1 is 1.42 bits per heavy atom. The Labute approximate surface area is 110 Å². The van der Waals surface area contributed by atoms with Crippen LogP contribution in [-0.2, 0) is 6.54 Å². The van der Waals surface area contributed by atoms with Gasteiger partial charge in [-0.25, -0.2) is 9.97 Å². The summed E-state index contributed by atoms with van der Waals surface area (Å²) in [5.74, 6) is 0.122. The highest BCUT2D eigenvalue weighted by atomic mass is 16.5. The molecular weight excluding hydrogens is 244 g/mol. The molecule has 0 aliphatic heterocycles. The zero-order valence-electron chi connectivity index (χ0n) is 10.5. The number of hydrogen-bond acceptors (Lipinski definition) is 5. The van der Waals surface area contributed by atoms with E-state index < -0.39 is 0 Å². The Balaban J connectivity index is 1.98. The molecule has 2 rings (SSSR count). The molecule has 1 amide bonds. The van der Waals surface area contributed by atoms with Crippen molar-refractivity contribution in [2.45, 2.75) is 13.5 Å². The van der Waals surface area contributed by atoms with Crippen molar-refractivity contribution >= 4 is 5.91 Å². The van der Waals surface area contributed by atoms with E-state index in [1.807, 2.05) is 19.1 Å². The highest BCUT2D eigenvalue weighted by molar-refractivity contribution is 5.92. The fraction of sp³-hybridized carbons (Fsp3) is 0.231. The van der Waals surface area contributed by atoms with Crippen LogP contribution < -0.4 is 10.1 Å². The van der Waals surface area contributed by atoms with Crippen LogP contribution >= 0.6 is 0 Å². The standard InChI is InChI=1S/C13H14N4O2/c1-2-19-12-6-11(16-9-17-12)13(18)15-8-10-4-3-5-14-7-10/h3-7,9H,2,8H2,1H3,(H,15,18). The predicted octanol–water partition coefficient (Wildman–Crippen LogP) is 1.20. The van der Waals surface area contributed by atoms with Crippen molar-refractivity contribution in [2.75, 3.05) is 6.61 Å². The van der Waals surface area contributed by atoms with Crippen molar-refractivity contribution in [3.8, 4) is 5.88 Å². The van der Waals surface area contributed by atoms with Crippen LogP contribution in [0, 0.1) is 0 Å². The summed E-state index contributed by atoms with van der Waals surface area (Å²) in [6.07, 6.45) is 4.69. The number of hydrogen-bond donors (Lipinski definition) is 1. The van der Waals surface area contributed by atoms with Gasteiger partial charge >= 0.3 is 0 Å². The van der Waals surface area contributed by atoms with E-state index in [2.05, 4.69) is 20.3 Å². The maximum Gasteiger partial charge on any atom is 0.270 e. The second-order valence-corrected chi connectivity index (χ2v) is 3.72. The topological polar surface area (TPSA) is 77.0 Å². The van der Waals surface area contributed by atoms with Gasteiger partial charge in [-0.1, -0.05) is 6.07 Å². The van der Waals surface area contributed by atoms with Gasteiger partial charge in [0, 0.05) is 25.0 Å². The molecule has 98 valence electrons. The van der Waals surface area contributed by atoms with Gasteiger partial charge in [-0.15, -0.1) is 0 Å². The average molecular weight is 258 g/mol. The monoisotopic (exact) mass is 258 g/mol. The normalized spacial score (nSPS) is 9.95. The third kappa shape index (κ3) is 3.74. The fourth-order valence-corrected chi connectivity index (χ4v) is 1.47. The van der Waals surface area contributed by atoms with Gasteiger partial charge < -0.3 is 10.1 Å². The SMILES string of the molecule is CCOc1cc(C(=O)NCc2cccnc2)ncn1. The number of pyridine rings is 1. The maximum atomic E-state index is 11.9. The van der Waals surface area contributed by atoms with Crippen molar-refractivity contribution in [3.05, 3.63) is 48.2 Å². The molecule has 0 bridgehead atoms. The van der Waals surface area contributed by atoms with Gasteiger partial charge in [0.05, 0.1) is 6.61 Å². The summed E-state index contributed by atoms with van der Waals surface area (Å²) >= 11 is 0. The Morgan fingerprint density at radius 2 is 2.32 bits per heavy atom. The Hall–Kier alpha value is -2.50. The minimum atomic E-state index is -0.271. The molecule has 19 heavy (non-hydrogen) atoms. The largest absolute Gasteiger partial charge is 0.478 e. The number of nitrogens with one attached hydrogen (secondary N) is 1. The van der Waals surface area contributed by atoms with Gasteiger partial charge in [0.15, 0.2) is 0 Å². The summed E-state index contributed by atoms with van der Waals surface area (Å²) in [6.45, 7) is 2.75. The van der Waals surface area contributed by atoms with Crippen molar-refractivity contribution in [1.82, 2.24) is 20.3 Å². The number of aromatic nitrogens is 3. The molecule has 2 heterocycles. The molecule has 0 atom stereocenters. The molecule has 0 radical (unpaired) electrons. The number of carbonyl (C=O) groups excluding carboxylic acids is 1. The highest BCUT2D eigenvalue weighted by Gasteiger charge is 2.08. The van der Waals surface area contributed by atoms with E-state index in [-0.39, 0.29) is 11.6 Å². The number of amides is 1. The van der Waals surface area contributed by atoms with E-state index in [4.69, 9.17) is 4.74 Å². The zero-order valence-corrected chi connectivity index (χ0v) is 10.5. The lowest BCUT2D eigenvalue weighted by molar-refractivity contribution is 0.0945. The average Bonchev–Trinajstić information content (AvgIpc) is 2.46. The smallest absolute Gasteiger partial charge is 0.270 e. The van der Waals surface area contributed by atoms with Crippen molar-refractivity contribution in [3.63, 3.8) is 0 Å². The second kappa shape index (κ2) is 6.44. The van der Waals surface area contributed by atoms with Gasteiger partial charge in [0.25, 0.3) is 5.91 Å². The Kier molecular flexibility index (Phi) is 4.39. The van der Waals surface area contributed by atoms with E-state index in [0.29, 0.717) is 19.0 Å². The molecule has 0 saturated carbocycles. The molecule has 2 aromatic rings. The van der Waals surface area contributed by atoms with Gasteiger partial charge in [-0.2, -0.15) is 0 Å². The second-order valence-electron chi connectivity index (χ2n) is 3.72. The summed E-state index contributed by atoms with van der Waals surface area (Å²) in [6, 6.07) is 5.22. The number of carbonyl (C=O) groups is 1. The van der Waals surface area contributed by atoms with Crippen LogP contribution in [0.3, 0.4) is 0 Å². The fourth-order valence-electron chi connectivity index (χ4n) is 1.47. The summed E-state index contributed by atoms with van der Waals surface area (Å²) in [7, 11) is 0. The molecule has 0 spiro atoms. The van der Waals surface area contributed by atoms with Crippen LogP contribution in [0.5, 0.6) is 5.88 Å². The lowest BCUT2D eigenvalue weighted by Crippen LogP contribution is -2.24. The summed E-state index contributed by atoms with van der Waals surface area (Å²) in [4.78, 5) is 23.7. The van der Waals surface area contributed by atoms with Crippen LogP contribution in [0.1, 0.15) is 23.0 Å². The van der Waals surface area contributed by atoms with E-state index >= 15 is 0 Å². The number of ether oxygens (including phenoxy) is 1. The van der Waals surface area contributed by atoms with Crippen molar-refractivity contribution < 1.29 is 9.53 Å². The molecule has 1 N–H and O–H groups in total. The minimum Gasteiger partial charge on any atom is -0.478 e. The quantitative estimate of drug-likeness (QED) is 0.872. The van der Waals surface area contributed by atoms with Crippen LogP contribution in [0.25, 0.3) is 0 Å². The van der Waals surface area contributed by atoms with Gasteiger partial charge in [0.2, 0.25) is 5.88 Å². The third-order valence-electron chi connectivity index (χ3n) is 2.34. The number of nitrogens with zero attached hydrogens (tertiary/aromatic N) is 3. The van der Waals surface area contributed by atoms with Crippen LogP contribution in [0.15, 0.2) is 36.9 Å². The first-order valence-electron chi connectivity index (χ1n) is 5.91. The lowest BCUT2D eigenvalue weighted by Gasteiger charge is -2.05. The van der Waals surface area contributed by atoms with Gasteiger partial charge in [-0.3, -0.25) is 9.78 Å². The zero-order chi connectivity index (χ0) is 13.5. The molecule has 0 aromatic carbocycles. The highest BCUT2D eigenvalue weighted by Crippen LogP contribution is 2.06. The first-order chi connectivity index (χ1) is 9.29. The van der Waals surface area contributed by atoms with Crippen molar-refractivity contribution in [1.29, 1.82) is 0 Å². The molecular formula is C13H14N4O2.